The molecule has 0 amide bonds. The van der Waals surface area contributed by atoms with E-state index >= 15 is 0 Å². The summed E-state index contributed by atoms with van der Waals surface area (Å²) in [5.74, 6) is -0.269. The maximum atomic E-state index is 12.5. The molecule has 0 bridgehead atoms. The molecule has 24 heavy (non-hydrogen) atoms. The Balaban J connectivity index is 2.19. The Hall–Kier alpha value is -2.25. The van der Waals surface area contributed by atoms with Gasteiger partial charge in [-0.2, -0.15) is 11.3 Å². The zero-order valence-electron chi connectivity index (χ0n) is 13.5. The standard InChI is InChI=1S/C17H16N2O3S2/c1-4-22-17(21)12(7-11-5-6-23-8-11)14-18-15(20)13-9(2)10(3)24-16(13)19-14/h5-8H,4H2,1-3H3,(H,18,19,20). The Morgan fingerprint density at radius 2 is 2.21 bits per heavy atom. The fraction of sp³-hybridized carbons (Fsp3) is 0.235. The van der Waals surface area contributed by atoms with Crippen LogP contribution in [0.15, 0.2) is 21.6 Å². The molecule has 124 valence electrons. The minimum Gasteiger partial charge on any atom is -0.462 e. The predicted molar refractivity (Wildman–Crippen MR) is 98.5 cm³/mol. The van der Waals surface area contributed by atoms with Gasteiger partial charge in [0.2, 0.25) is 0 Å². The van der Waals surface area contributed by atoms with Gasteiger partial charge in [0.1, 0.15) is 16.2 Å². The highest BCUT2D eigenvalue weighted by Crippen LogP contribution is 2.27. The van der Waals surface area contributed by atoms with E-state index in [-0.39, 0.29) is 23.6 Å². The summed E-state index contributed by atoms with van der Waals surface area (Å²) in [5.41, 5.74) is 1.80. The number of carbonyl (C=O) groups is 1. The van der Waals surface area contributed by atoms with Crippen LogP contribution in [-0.2, 0) is 9.53 Å². The summed E-state index contributed by atoms with van der Waals surface area (Å²) >= 11 is 2.97. The normalized spacial score (nSPS) is 11.9. The lowest BCUT2D eigenvalue weighted by atomic mass is 10.1. The summed E-state index contributed by atoms with van der Waals surface area (Å²) in [6.07, 6.45) is 1.69. The molecule has 0 saturated carbocycles. The lowest BCUT2D eigenvalue weighted by molar-refractivity contribution is -0.136. The summed E-state index contributed by atoms with van der Waals surface area (Å²) < 4.78 is 5.13. The number of aryl methyl sites for hydroxylation is 2. The van der Waals surface area contributed by atoms with Gasteiger partial charge in [0.15, 0.2) is 0 Å². The number of hydrogen-bond donors (Lipinski definition) is 1. The van der Waals surface area contributed by atoms with Crippen molar-refractivity contribution in [2.24, 2.45) is 0 Å². The molecule has 0 radical (unpaired) electrons. The van der Waals surface area contributed by atoms with Crippen LogP contribution < -0.4 is 5.56 Å². The first kappa shape index (κ1) is 16.6. The van der Waals surface area contributed by atoms with Crippen LogP contribution >= 0.6 is 22.7 Å². The van der Waals surface area contributed by atoms with Crippen LogP contribution in [0.1, 0.15) is 28.8 Å². The van der Waals surface area contributed by atoms with E-state index in [0.717, 1.165) is 16.0 Å². The quantitative estimate of drug-likeness (QED) is 0.568. The fourth-order valence-corrected chi connectivity index (χ4v) is 3.99. The number of carbonyl (C=O) groups excluding carboxylic acids is 1. The molecule has 0 aliphatic carbocycles. The summed E-state index contributed by atoms with van der Waals surface area (Å²) in [5, 5.41) is 4.41. The van der Waals surface area contributed by atoms with Crippen LogP contribution in [0.4, 0.5) is 0 Å². The van der Waals surface area contributed by atoms with E-state index in [1.54, 1.807) is 13.0 Å². The van der Waals surface area contributed by atoms with Crippen molar-refractivity contribution in [3.8, 4) is 0 Å². The van der Waals surface area contributed by atoms with Crippen LogP contribution in [0.3, 0.4) is 0 Å². The van der Waals surface area contributed by atoms with E-state index in [1.807, 2.05) is 30.7 Å². The molecule has 0 aromatic carbocycles. The summed E-state index contributed by atoms with van der Waals surface area (Å²) in [6.45, 7) is 5.85. The average Bonchev–Trinajstić information content (AvgIpc) is 3.14. The van der Waals surface area contributed by atoms with Gasteiger partial charge in [0, 0.05) is 4.88 Å². The second-order valence-electron chi connectivity index (χ2n) is 5.21. The fourth-order valence-electron chi connectivity index (χ4n) is 2.34. The number of aromatic amines is 1. The number of H-pyrrole nitrogens is 1. The number of ether oxygens (including phenoxy) is 1. The Labute approximate surface area is 146 Å². The second kappa shape index (κ2) is 6.70. The van der Waals surface area contributed by atoms with Crippen molar-refractivity contribution in [3.63, 3.8) is 0 Å². The second-order valence-corrected chi connectivity index (χ2v) is 7.20. The van der Waals surface area contributed by atoms with Crippen LogP contribution in [0, 0.1) is 13.8 Å². The Kier molecular flexibility index (Phi) is 4.64. The molecule has 3 heterocycles. The van der Waals surface area contributed by atoms with Crippen molar-refractivity contribution < 1.29 is 9.53 Å². The molecular formula is C17H16N2O3S2. The highest BCUT2D eigenvalue weighted by atomic mass is 32.1. The number of aromatic nitrogens is 2. The number of thiophene rings is 2. The van der Waals surface area contributed by atoms with Crippen LogP contribution in [0.25, 0.3) is 21.9 Å². The third-order valence-corrected chi connectivity index (χ3v) is 5.45. The lowest BCUT2D eigenvalue weighted by Gasteiger charge is -2.06. The van der Waals surface area contributed by atoms with Crippen molar-refractivity contribution in [2.75, 3.05) is 6.61 Å². The number of nitrogens with one attached hydrogen (secondary N) is 1. The van der Waals surface area contributed by atoms with Gasteiger partial charge in [0.05, 0.1) is 12.0 Å². The van der Waals surface area contributed by atoms with Gasteiger partial charge in [-0.1, -0.05) is 0 Å². The molecule has 0 saturated heterocycles. The molecule has 0 aliphatic heterocycles. The first-order chi connectivity index (χ1) is 11.5. The van der Waals surface area contributed by atoms with Gasteiger partial charge in [-0.15, -0.1) is 11.3 Å². The minimum atomic E-state index is -0.504. The van der Waals surface area contributed by atoms with E-state index in [2.05, 4.69) is 9.97 Å². The van der Waals surface area contributed by atoms with Gasteiger partial charge in [-0.05, 0) is 54.8 Å². The Morgan fingerprint density at radius 3 is 2.88 bits per heavy atom. The number of fused-ring (bicyclic) bond motifs is 1. The number of rotatable bonds is 4. The average molecular weight is 360 g/mol. The van der Waals surface area contributed by atoms with Crippen molar-refractivity contribution in [1.82, 2.24) is 9.97 Å². The molecule has 0 fully saturated rings. The SMILES string of the molecule is CCOC(=O)C(=Cc1ccsc1)c1nc2sc(C)c(C)c2c(=O)[nH]1. The Morgan fingerprint density at radius 1 is 1.42 bits per heavy atom. The van der Waals surface area contributed by atoms with Crippen LogP contribution in [0.2, 0.25) is 0 Å². The van der Waals surface area contributed by atoms with Crippen LogP contribution in [0.5, 0.6) is 0 Å². The Bertz CT molecular complexity index is 981. The summed E-state index contributed by atoms with van der Waals surface area (Å²) in [4.78, 5) is 33.7. The first-order valence-electron chi connectivity index (χ1n) is 7.42. The molecule has 0 aliphatic rings. The third kappa shape index (κ3) is 3.05. The molecule has 0 unspecified atom stereocenters. The van der Waals surface area contributed by atoms with Crippen molar-refractivity contribution in [1.29, 1.82) is 0 Å². The number of esters is 1. The molecule has 3 aromatic heterocycles. The van der Waals surface area contributed by atoms with Crippen molar-refractivity contribution in [3.05, 3.63) is 49.0 Å². The largest absolute Gasteiger partial charge is 0.462 e. The van der Waals surface area contributed by atoms with Crippen molar-refractivity contribution >= 4 is 50.5 Å². The minimum absolute atomic E-state index is 0.235. The molecule has 5 nitrogen and oxygen atoms in total. The smallest absolute Gasteiger partial charge is 0.341 e. The maximum Gasteiger partial charge on any atom is 0.341 e. The number of hydrogen-bond acceptors (Lipinski definition) is 6. The molecular weight excluding hydrogens is 344 g/mol. The van der Waals surface area contributed by atoms with Gasteiger partial charge >= 0.3 is 5.97 Å². The third-order valence-electron chi connectivity index (χ3n) is 3.64. The highest BCUT2D eigenvalue weighted by Gasteiger charge is 2.19. The molecule has 3 aromatic rings. The molecule has 3 rings (SSSR count). The topological polar surface area (TPSA) is 72.0 Å². The van der Waals surface area contributed by atoms with E-state index in [9.17, 15) is 9.59 Å². The summed E-state index contributed by atoms with van der Waals surface area (Å²) in [7, 11) is 0. The molecule has 1 N–H and O–H groups in total. The zero-order chi connectivity index (χ0) is 17.3. The molecule has 0 spiro atoms. The van der Waals surface area contributed by atoms with Gasteiger partial charge in [0.25, 0.3) is 5.56 Å². The van der Waals surface area contributed by atoms with E-state index in [1.165, 1.54) is 22.7 Å². The van der Waals surface area contributed by atoms with E-state index < -0.39 is 5.97 Å². The maximum absolute atomic E-state index is 12.5. The highest BCUT2D eigenvalue weighted by molar-refractivity contribution is 7.18. The zero-order valence-corrected chi connectivity index (χ0v) is 15.1. The van der Waals surface area contributed by atoms with Gasteiger partial charge < -0.3 is 9.72 Å². The van der Waals surface area contributed by atoms with Crippen LogP contribution in [-0.4, -0.2) is 22.5 Å². The van der Waals surface area contributed by atoms with Gasteiger partial charge in [-0.25, -0.2) is 9.78 Å². The van der Waals surface area contributed by atoms with E-state index in [4.69, 9.17) is 4.74 Å². The summed E-state index contributed by atoms with van der Waals surface area (Å²) in [6, 6.07) is 1.89. The monoisotopic (exact) mass is 360 g/mol. The molecule has 7 heteroatoms. The first-order valence-corrected chi connectivity index (χ1v) is 9.18. The number of nitrogens with zero attached hydrogens (tertiary/aromatic N) is 1. The molecule has 0 atom stereocenters. The van der Waals surface area contributed by atoms with E-state index in [0.29, 0.717) is 10.2 Å². The lowest BCUT2D eigenvalue weighted by Crippen LogP contribution is -2.15. The van der Waals surface area contributed by atoms with Crippen molar-refractivity contribution in [2.45, 2.75) is 20.8 Å². The van der Waals surface area contributed by atoms with Gasteiger partial charge in [-0.3, -0.25) is 4.79 Å². The predicted octanol–water partition coefficient (Wildman–Crippen LogP) is 3.77.